The van der Waals surface area contributed by atoms with Crippen molar-refractivity contribution in [1.29, 1.82) is 0 Å². The van der Waals surface area contributed by atoms with Gasteiger partial charge in [-0.05, 0) is 50.1 Å². The molecular formula is C23H30N2O6S. The first-order valence-electron chi connectivity index (χ1n) is 10.8. The van der Waals surface area contributed by atoms with E-state index in [1.165, 1.54) is 4.31 Å². The largest absolute Gasteiger partial charge is 0.490 e. The molecule has 174 valence electrons. The van der Waals surface area contributed by atoms with Crippen molar-refractivity contribution in [2.75, 3.05) is 44.8 Å². The van der Waals surface area contributed by atoms with Crippen LogP contribution >= 0.6 is 0 Å². The van der Waals surface area contributed by atoms with Crippen LogP contribution in [0.2, 0.25) is 0 Å². The lowest BCUT2D eigenvalue weighted by atomic mass is 10.1. The Hall–Kier alpha value is -2.62. The highest BCUT2D eigenvalue weighted by Gasteiger charge is 2.26. The summed E-state index contributed by atoms with van der Waals surface area (Å²) in [5.41, 5.74) is 1.52. The number of hydrogen-bond acceptors (Lipinski definition) is 6. The molecular weight excluding hydrogens is 432 g/mol. The summed E-state index contributed by atoms with van der Waals surface area (Å²) >= 11 is 0. The van der Waals surface area contributed by atoms with E-state index in [4.69, 9.17) is 14.2 Å². The van der Waals surface area contributed by atoms with E-state index < -0.39 is 10.0 Å². The average Bonchev–Trinajstić information content (AvgIpc) is 2.80. The highest BCUT2D eigenvalue weighted by Crippen LogP contribution is 2.30. The molecule has 0 spiro atoms. The predicted octanol–water partition coefficient (Wildman–Crippen LogP) is 3.08. The molecule has 2 aromatic rings. The summed E-state index contributed by atoms with van der Waals surface area (Å²) in [5.74, 6) is 1.09. The average molecular weight is 463 g/mol. The van der Waals surface area contributed by atoms with Gasteiger partial charge in [-0.3, -0.25) is 4.79 Å². The van der Waals surface area contributed by atoms with Crippen molar-refractivity contribution in [2.45, 2.75) is 31.6 Å². The zero-order valence-electron chi connectivity index (χ0n) is 18.5. The Balaban J connectivity index is 1.56. The van der Waals surface area contributed by atoms with E-state index in [1.807, 2.05) is 13.8 Å². The standard InChI is InChI=1S/C23H30N2O6S/c1-3-30-21-11-8-19(17-22(21)31-4-2)24-23(26)12-7-18-5-9-20(10-6-18)32(27,28)25-13-15-29-16-14-25/h5-6,8-11,17H,3-4,7,12-16H2,1-2H3,(H,24,26). The minimum atomic E-state index is -3.52. The second-order valence-corrected chi connectivity index (χ2v) is 9.17. The van der Waals surface area contributed by atoms with E-state index in [-0.39, 0.29) is 17.2 Å². The molecule has 1 fully saturated rings. The molecule has 0 bridgehead atoms. The molecule has 1 aliphatic heterocycles. The zero-order valence-corrected chi connectivity index (χ0v) is 19.3. The number of nitrogens with zero attached hydrogens (tertiary/aromatic N) is 1. The van der Waals surface area contributed by atoms with Crippen molar-refractivity contribution in [2.24, 2.45) is 0 Å². The lowest BCUT2D eigenvalue weighted by molar-refractivity contribution is -0.116. The number of amides is 1. The van der Waals surface area contributed by atoms with Gasteiger partial charge in [-0.1, -0.05) is 12.1 Å². The Morgan fingerprint density at radius 1 is 1.00 bits per heavy atom. The summed E-state index contributed by atoms with van der Waals surface area (Å²) in [6.45, 7) is 6.35. The molecule has 3 rings (SSSR count). The van der Waals surface area contributed by atoms with Crippen LogP contribution in [-0.4, -0.2) is 58.1 Å². The molecule has 1 saturated heterocycles. The molecule has 1 N–H and O–H groups in total. The van der Waals surface area contributed by atoms with Crippen LogP contribution in [0.4, 0.5) is 5.69 Å². The highest BCUT2D eigenvalue weighted by atomic mass is 32.2. The van der Waals surface area contributed by atoms with Crippen molar-refractivity contribution < 1.29 is 27.4 Å². The number of anilines is 1. The third-order valence-electron chi connectivity index (χ3n) is 5.00. The number of benzene rings is 2. The van der Waals surface area contributed by atoms with Gasteiger partial charge in [0.1, 0.15) is 0 Å². The van der Waals surface area contributed by atoms with Gasteiger partial charge in [0, 0.05) is 31.3 Å². The Kier molecular flexibility index (Phi) is 8.49. The summed E-state index contributed by atoms with van der Waals surface area (Å²) in [6.07, 6.45) is 0.770. The second-order valence-electron chi connectivity index (χ2n) is 7.24. The summed E-state index contributed by atoms with van der Waals surface area (Å²) in [6, 6.07) is 12.0. The number of carbonyl (C=O) groups excluding carboxylic acids is 1. The topological polar surface area (TPSA) is 94.2 Å². The third kappa shape index (κ3) is 6.21. The number of nitrogens with one attached hydrogen (secondary N) is 1. The molecule has 0 aliphatic carbocycles. The van der Waals surface area contributed by atoms with Crippen molar-refractivity contribution in [1.82, 2.24) is 4.31 Å². The minimum absolute atomic E-state index is 0.137. The molecule has 1 heterocycles. The molecule has 1 aliphatic rings. The van der Waals surface area contributed by atoms with Crippen LogP contribution in [0.3, 0.4) is 0 Å². The molecule has 0 atom stereocenters. The highest BCUT2D eigenvalue weighted by molar-refractivity contribution is 7.89. The van der Waals surface area contributed by atoms with Crippen molar-refractivity contribution in [3.63, 3.8) is 0 Å². The summed E-state index contributed by atoms with van der Waals surface area (Å²) < 4.78 is 43.2. The Labute approximate surface area is 189 Å². The van der Waals surface area contributed by atoms with E-state index in [1.54, 1.807) is 42.5 Å². The monoisotopic (exact) mass is 462 g/mol. The lowest BCUT2D eigenvalue weighted by Gasteiger charge is -2.26. The maximum Gasteiger partial charge on any atom is 0.243 e. The number of hydrogen-bond donors (Lipinski definition) is 1. The first-order valence-corrected chi connectivity index (χ1v) is 12.2. The van der Waals surface area contributed by atoms with Gasteiger partial charge < -0.3 is 19.5 Å². The van der Waals surface area contributed by atoms with Gasteiger partial charge in [0.15, 0.2) is 11.5 Å². The fraction of sp³-hybridized carbons (Fsp3) is 0.435. The van der Waals surface area contributed by atoms with Gasteiger partial charge in [-0.25, -0.2) is 8.42 Å². The quantitative estimate of drug-likeness (QED) is 0.583. The van der Waals surface area contributed by atoms with Crippen LogP contribution in [0.1, 0.15) is 25.8 Å². The van der Waals surface area contributed by atoms with Gasteiger partial charge in [0.05, 0.1) is 31.3 Å². The van der Waals surface area contributed by atoms with Crippen LogP contribution in [0.25, 0.3) is 0 Å². The summed E-state index contributed by atoms with van der Waals surface area (Å²) in [5, 5.41) is 2.87. The first kappa shape index (κ1) is 24.0. The van der Waals surface area contributed by atoms with Gasteiger partial charge in [0.25, 0.3) is 0 Å². The maximum atomic E-state index is 12.7. The minimum Gasteiger partial charge on any atom is -0.490 e. The molecule has 0 unspecified atom stereocenters. The Morgan fingerprint density at radius 3 is 2.31 bits per heavy atom. The van der Waals surface area contributed by atoms with Crippen LogP contribution in [-0.2, 0) is 26.0 Å². The van der Waals surface area contributed by atoms with Gasteiger partial charge in [-0.15, -0.1) is 0 Å². The second kappa shape index (κ2) is 11.3. The van der Waals surface area contributed by atoms with Crippen molar-refractivity contribution >= 4 is 21.6 Å². The SMILES string of the molecule is CCOc1ccc(NC(=O)CCc2ccc(S(=O)(=O)N3CCOCC3)cc2)cc1OCC. The number of sulfonamides is 1. The van der Waals surface area contributed by atoms with Crippen molar-refractivity contribution in [3.05, 3.63) is 48.0 Å². The summed E-state index contributed by atoms with van der Waals surface area (Å²) in [4.78, 5) is 12.7. The Morgan fingerprint density at radius 2 is 1.66 bits per heavy atom. The van der Waals surface area contributed by atoms with Gasteiger partial charge >= 0.3 is 0 Å². The van der Waals surface area contributed by atoms with Crippen molar-refractivity contribution in [3.8, 4) is 11.5 Å². The predicted molar refractivity (Wildman–Crippen MR) is 122 cm³/mol. The molecule has 8 nitrogen and oxygen atoms in total. The molecule has 0 aromatic heterocycles. The van der Waals surface area contributed by atoms with Crippen LogP contribution < -0.4 is 14.8 Å². The van der Waals surface area contributed by atoms with Crippen LogP contribution in [0.15, 0.2) is 47.4 Å². The number of rotatable bonds is 10. The van der Waals surface area contributed by atoms with E-state index in [0.717, 1.165) is 5.56 Å². The molecule has 0 radical (unpaired) electrons. The number of carbonyl (C=O) groups is 1. The Bertz CT molecular complexity index is 1000. The number of morpholine rings is 1. The van der Waals surface area contributed by atoms with E-state index in [2.05, 4.69) is 5.32 Å². The van der Waals surface area contributed by atoms with Gasteiger partial charge in [0.2, 0.25) is 15.9 Å². The summed E-state index contributed by atoms with van der Waals surface area (Å²) in [7, 11) is -3.52. The fourth-order valence-corrected chi connectivity index (χ4v) is 4.78. The molecule has 1 amide bonds. The van der Waals surface area contributed by atoms with Crippen LogP contribution in [0.5, 0.6) is 11.5 Å². The van der Waals surface area contributed by atoms with E-state index >= 15 is 0 Å². The van der Waals surface area contributed by atoms with Crippen LogP contribution in [0, 0.1) is 0 Å². The van der Waals surface area contributed by atoms with E-state index in [0.29, 0.717) is 63.1 Å². The molecule has 32 heavy (non-hydrogen) atoms. The maximum absolute atomic E-state index is 12.7. The van der Waals surface area contributed by atoms with Gasteiger partial charge in [-0.2, -0.15) is 4.31 Å². The lowest BCUT2D eigenvalue weighted by Crippen LogP contribution is -2.40. The molecule has 2 aromatic carbocycles. The molecule has 0 saturated carbocycles. The smallest absolute Gasteiger partial charge is 0.243 e. The fourth-order valence-electron chi connectivity index (χ4n) is 3.37. The third-order valence-corrected chi connectivity index (χ3v) is 6.91. The zero-order chi connectivity index (χ0) is 23.0. The number of aryl methyl sites for hydroxylation is 1. The van der Waals surface area contributed by atoms with E-state index in [9.17, 15) is 13.2 Å². The molecule has 9 heteroatoms. The normalized spacial score (nSPS) is 14.7. The number of ether oxygens (including phenoxy) is 3. The first-order chi connectivity index (χ1) is 15.4.